The van der Waals surface area contributed by atoms with Gasteiger partial charge in [0.15, 0.2) is 5.60 Å². The second-order valence-corrected chi connectivity index (χ2v) is 8.57. The Morgan fingerprint density at radius 2 is 1.19 bits per heavy atom. The molecule has 0 bridgehead atoms. The number of unbranched alkanes of at least 4 members (excludes halogenated alkanes) is 13. The molecular weight excluding hydrogens is 371 g/mol. The van der Waals surface area contributed by atoms with Crippen molar-refractivity contribution in [3.8, 4) is 0 Å². The average molecular weight is 410 g/mol. The number of carbonyl (C=O) groups is 1. The van der Waals surface area contributed by atoms with Crippen molar-refractivity contribution in [2.45, 2.75) is 109 Å². The number of aliphatic hydroxyl groups is 2. The molecule has 0 radical (unpaired) electrons. The van der Waals surface area contributed by atoms with Crippen molar-refractivity contribution in [2.24, 2.45) is 0 Å². The normalized spacial score (nSPS) is 14.1. The fourth-order valence-corrected chi connectivity index (χ4v) is 3.44. The van der Waals surface area contributed by atoms with Gasteiger partial charge in [0.25, 0.3) is 0 Å². The van der Waals surface area contributed by atoms with E-state index in [1.54, 1.807) is 0 Å². The van der Waals surface area contributed by atoms with Crippen LogP contribution in [0.25, 0.3) is 0 Å². The van der Waals surface area contributed by atoms with Gasteiger partial charge in [-0.05, 0) is 12.8 Å². The maximum Gasteiger partial charge on any atom is 0.527 e. The Balaban J connectivity index is 3.61. The van der Waals surface area contributed by atoms with E-state index in [-0.39, 0.29) is 6.42 Å². The van der Waals surface area contributed by atoms with E-state index in [4.69, 9.17) is 14.9 Å². The van der Waals surface area contributed by atoms with Crippen molar-refractivity contribution in [1.82, 2.24) is 0 Å². The van der Waals surface area contributed by atoms with Crippen molar-refractivity contribution in [3.05, 3.63) is 0 Å². The van der Waals surface area contributed by atoms with Gasteiger partial charge in [-0.1, -0.05) is 90.4 Å². The molecule has 0 aromatic carbocycles. The van der Waals surface area contributed by atoms with Crippen LogP contribution in [0.5, 0.6) is 0 Å². The Bertz CT molecular complexity index is 424. The van der Waals surface area contributed by atoms with Crippen molar-refractivity contribution in [1.29, 1.82) is 0 Å². The maximum atomic E-state index is 11.6. The summed E-state index contributed by atoms with van der Waals surface area (Å²) < 4.78 is 14.5. The molecule has 0 aliphatic heterocycles. The topological polar surface area (TPSA) is 124 Å². The zero-order chi connectivity index (χ0) is 20.6. The highest BCUT2D eigenvalue weighted by Crippen LogP contribution is 2.38. The SMILES string of the molecule is CCCCCCCCCCCCCCCCC(O)(CO)C(=O)OP(=O)(O)O. The van der Waals surface area contributed by atoms with E-state index < -0.39 is 26.0 Å². The first-order valence-electron chi connectivity index (χ1n) is 10.4. The molecule has 4 N–H and O–H groups in total. The molecule has 8 heteroatoms. The molecular formula is C19H39O7P. The molecule has 0 aromatic rings. The third-order valence-corrected chi connectivity index (χ3v) is 5.19. The second kappa shape index (κ2) is 15.5. The van der Waals surface area contributed by atoms with Gasteiger partial charge in [0.2, 0.25) is 0 Å². The summed E-state index contributed by atoms with van der Waals surface area (Å²) in [6.07, 6.45) is 16.2. The van der Waals surface area contributed by atoms with Crippen LogP contribution in [-0.2, 0) is 13.9 Å². The summed E-state index contributed by atoms with van der Waals surface area (Å²) in [5.74, 6) is -1.48. The Morgan fingerprint density at radius 1 is 0.815 bits per heavy atom. The van der Waals surface area contributed by atoms with Crippen LogP contribution >= 0.6 is 7.82 Å². The van der Waals surface area contributed by atoms with E-state index in [0.717, 1.165) is 19.3 Å². The van der Waals surface area contributed by atoms with Crippen molar-refractivity contribution in [2.75, 3.05) is 6.61 Å². The van der Waals surface area contributed by atoms with Gasteiger partial charge >= 0.3 is 13.8 Å². The lowest BCUT2D eigenvalue weighted by Gasteiger charge is -2.23. The number of aliphatic hydroxyl groups excluding tert-OH is 1. The van der Waals surface area contributed by atoms with Crippen LogP contribution in [0.4, 0.5) is 0 Å². The molecule has 0 amide bonds. The van der Waals surface area contributed by atoms with Crippen LogP contribution in [0.1, 0.15) is 103 Å². The van der Waals surface area contributed by atoms with Crippen LogP contribution < -0.4 is 0 Å². The molecule has 0 rings (SSSR count). The molecule has 27 heavy (non-hydrogen) atoms. The van der Waals surface area contributed by atoms with Crippen LogP contribution in [0.2, 0.25) is 0 Å². The number of hydrogen-bond acceptors (Lipinski definition) is 5. The quantitative estimate of drug-likeness (QED) is 0.197. The van der Waals surface area contributed by atoms with Gasteiger partial charge in [-0.3, -0.25) is 9.79 Å². The summed E-state index contributed by atoms with van der Waals surface area (Å²) in [5, 5.41) is 19.1. The number of carbonyl (C=O) groups excluding carboxylic acids is 1. The molecule has 0 aliphatic rings. The molecule has 0 saturated carbocycles. The second-order valence-electron chi connectivity index (χ2n) is 7.41. The van der Waals surface area contributed by atoms with E-state index in [1.807, 2.05) is 0 Å². The number of phosphoric acid groups is 1. The maximum absolute atomic E-state index is 11.6. The first-order valence-corrected chi connectivity index (χ1v) is 11.9. The summed E-state index contributed by atoms with van der Waals surface area (Å²) in [7, 11) is -5.03. The van der Waals surface area contributed by atoms with E-state index in [1.165, 1.54) is 64.2 Å². The molecule has 7 nitrogen and oxygen atoms in total. The minimum Gasteiger partial charge on any atom is -0.393 e. The van der Waals surface area contributed by atoms with E-state index in [2.05, 4.69) is 11.4 Å². The van der Waals surface area contributed by atoms with Crippen molar-refractivity contribution < 1.29 is 33.9 Å². The average Bonchev–Trinajstić information content (AvgIpc) is 2.60. The lowest BCUT2D eigenvalue weighted by molar-refractivity contribution is -0.162. The van der Waals surface area contributed by atoms with Gasteiger partial charge in [-0.2, -0.15) is 0 Å². The largest absolute Gasteiger partial charge is 0.527 e. The predicted molar refractivity (Wildman–Crippen MR) is 105 cm³/mol. The highest BCUT2D eigenvalue weighted by molar-refractivity contribution is 7.46. The van der Waals surface area contributed by atoms with Crippen LogP contribution in [0.15, 0.2) is 0 Å². The van der Waals surface area contributed by atoms with Crippen LogP contribution in [0.3, 0.4) is 0 Å². The molecule has 162 valence electrons. The minimum absolute atomic E-state index is 0.0830. The fraction of sp³-hybridized carbons (Fsp3) is 0.947. The molecule has 1 atom stereocenters. The van der Waals surface area contributed by atoms with Gasteiger partial charge in [-0.15, -0.1) is 0 Å². The van der Waals surface area contributed by atoms with Crippen molar-refractivity contribution in [3.63, 3.8) is 0 Å². The third-order valence-electron chi connectivity index (χ3n) is 4.79. The molecule has 1 unspecified atom stereocenters. The van der Waals surface area contributed by atoms with Gasteiger partial charge in [0.1, 0.15) is 0 Å². The van der Waals surface area contributed by atoms with Gasteiger partial charge in [-0.25, -0.2) is 9.36 Å². The van der Waals surface area contributed by atoms with Crippen LogP contribution in [0, 0.1) is 0 Å². The van der Waals surface area contributed by atoms with E-state index >= 15 is 0 Å². The monoisotopic (exact) mass is 410 g/mol. The summed E-state index contributed by atoms with van der Waals surface area (Å²) in [6.45, 7) is 1.30. The molecule has 0 heterocycles. The Labute approximate surface area is 163 Å². The third kappa shape index (κ3) is 15.2. The van der Waals surface area contributed by atoms with E-state index in [0.29, 0.717) is 6.42 Å². The molecule has 0 spiro atoms. The van der Waals surface area contributed by atoms with Gasteiger partial charge in [0, 0.05) is 0 Å². The number of rotatable bonds is 18. The fourth-order valence-electron chi connectivity index (χ4n) is 3.05. The minimum atomic E-state index is -5.03. The summed E-state index contributed by atoms with van der Waals surface area (Å²) in [6, 6.07) is 0. The highest BCUT2D eigenvalue weighted by Gasteiger charge is 2.40. The van der Waals surface area contributed by atoms with E-state index in [9.17, 15) is 14.5 Å². The zero-order valence-corrected chi connectivity index (χ0v) is 17.7. The van der Waals surface area contributed by atoms with Crippen molar-refractivity contribution >= 4 is 13.8 Å². The lowest BCUT2D eigenvalue weighted by Crippen LogP contribution is -2.43. The molecule has 0 aliphatic carbocycles. The summed E-state index contributed by atoms with van der Waals surface area (Å²) >= 11 is 0. The zero-order valence-electron chi connectivity index (χ0n) is 16.8. The summed E-state index contributed by atoms with van der Waals surface area (Å²) in [5.41, 5.74) is -2.25. The molecule has 0 saturated heterocycles. The number of phosphoric ester groups is 1. The first-order chi connectivity index (χ1) is 12.7. The Morgan fingerprint density at radius 3 is 1.52 bits per heavy atom. The van der Waals surface area contributed by atoms with Gasteiger partial charge < -0.3 is 14.7 Å². The smallest absolute Gasteiger partial charge is 0.393 e. The Kier molecular flexibility index (Phi) is 15.2. The molecule has 0 aromatic heterocycles. The van der Waals surface area contributed by atoms with Gasteiger partial charge in [0.05, 0.1) is 6.61 Å². The standard InChI is InChI=1S/C19H39O7P/c1-2-3-4-5-6-7-8-9-10-11-12-13-14-15-16-19(22,17-20)18(21)26-27(23,24)25/h20,22H,2-17H2,1H3,(H2,23,24,25). The number of hydrogen-bond donors (Lipinski definition) is 4. The summed E-state index contributed by atoms with van der Waals surface area (Å²) in [4.78, 5) is 28.8. The predicted octanol–water partition coefficient (Wildman–Crippen LogP) is 4.22. The molecule has 0 fully saturated rings. The van der Waals surface area contributed by atoms with Crippen LogP contribution in [-0.4, -0.2) is 38.2 Å². The highest BCUT2D eigenvalue weighted by atomic mass is 31.2. The first kappa shape index (κ1) is 26.5. The Hall–Kier alpha value is -0.460. The lowest BCUT2D eigenvalue weighted by atomic mass is 9.96.